The van der Waals surface area contributed by atoms with E-state index in [2.05, 4.69) is 4.99 Å². The molecule has 0 spiro atoms. The molecule has 2 aromatic carbocycles. The molecule has 80 valence electrons. The van der Waals surface area contributed by atoms with E-state index in [0.29, 0.717) is 10.2 Å². The molecule has 1 nitrogen and oxygen atoms in total. The Bertz CT molecular complexity index is 506. The van der Waals surface area contributed by atoms with Crippen LogP contribution in [0.1, 0.15) is 5.56 Å². The van der Waals surface area contributed by atoms with Crippen LogP contribution in [0.5, 0.6) is 0 Å². The van der Waals surface area contributed by atoms with Gasteiger partial charge in [-0.25, -0.2) is 4.99 Å². The molecular formula is C13H9Cl2N. The first-order valence-corrected chi connectivity index (χ1v) is 5.56. The predicted molar refractivity (Wildman–Crippen MR) is 69.9 cm³/mol. The molecule has 0 atom stereocenters. The molecule has 16 heavy (non-hydrogen) atoms. The fourth-order valence-corrected chi connectivity index (χ4v) is 1.70. The molecule has 0 fully saturated rings. The van der Waals surface area contributed by atoms with Gasteiger partial charge in [0.25, 0.3) is 0 Å². The Labute approximate surface area is 104 Å². The molecule has 0 N–H and O–H groups in total. The summed E-state index contributed by atoms with van der Waals surface area (Å²) in [5.41, 5.74) is 1.64. The second kappa shape index (κ2) is 5.15. The summed E-state index contributed by atoms with van der Waals surface area (Å²) in [5, 5.41) is 1.09. The van der Waals surface area contributed by atoms with Crippen LogP contribution in [0.25, 0.3) is 0 Å². The third-order valence-electron chi connectivity index (χ3n) is 2.05. The van der Waals surface area contributed by atoms with E-state index in [1.165, 1.54) is 0 Å². The third-order valence-corrected chi connectivity index (χ3v) is 2.58. The molecule has 0 aliphatic rings. The van der Waals surface area contributed by atoms with Crippen LogP contribution in [-0.4, -0.2) is 5.17 Å². The summed E-state index contributed by atoms with van der Waals surface area (Å²) >= 11 is 12.0. The number of benzene rings is 2. The summed E-state index contributed by atoms with van der Waals surface area (Å²) in [6, 6.07) is 16.9. The van der Waals surface area contributed by atoms with E-state index in [4.69, 9.17) is 23.2 Å². The van der Waals surface area contributed by atoms with E-state index in [1.807, 2.05) is 42.5 Å². The molecule has 0 heterocycles. The minimum Gasteiger partial charge on any atom is -0.236 e. The fourth-order valence-electron chi connectivity index (χ4n) is 1.30. The first kappa shape index (κ1) is 11.2. The maximum atomic E-state index is 6.10. The maximum Gasteiger partial charge on any atom is 0.136 e. The highest BCUT2D eigenvalue weighted by Gasteiger charge is 2.00. The molecule has 2 rings (SSSR count). The third kappa shape index (κ3) is 2.84. The highest BCUT2D eigenvalue weighted by Crippen LogP contribution is 2.17. The van der Waals surface area contributed by atoms with Gasteiger partial charge in [-0.05, 0) is 24.3 Å². The molecule has 0 amide bonds. The van der Waals surface area contributed by atoms with Gasteiger partial charge in [-0.3, -0.25) is 0 Å². The van der Waals surface area contributed by atoms with Gasteiger partial charge in [-0.1, -0.05) is 53.5 Å². The predicted octanol–water partition coefficient (Wildman–Crippen LogP) is 4.66. The zero-order valence-corrected chi connectivity index (χ0v) is 9.91. The van der Waals surface area contributed by atoms with Crippen LogP contribution in [0.4, 0.5) is 5.69 Å². The topological polar surface area (TPSA) is 12.4 Å². The van der Waals surface area contributed by atoms with Crippen molar-refractivity contribution in [3.8, 4) is 0 Å². The van der Waals surface area contributed by atoms with E-state index < -0.39 is 0 Å². The summed E-state index contributed by atoms with van der Waals surface area (Å²) in [5.74, 6) is 0. The van der Waals surface area contributed by atoms with Gasteiger partial charge in [-0.2, -0.15) is 0 Å². The van der Waals surface area contributed by atoms with Crippen LogP contribution in [0.15, 0.2) is 59.6 Å². The van der Waals surface area contributed by atoms with Crippen LogP contribution < -0.4 is 0 Å². The smallest absolute Gasteiger partial charge is 0.136 e. The molecule has 0 aliphatic carbocycles. The Hall–Kier alpha value is -1.31. The maximum absolute atomic E-state index is 6.10. The molecule has 0 saturated heterocycles. The minimum atomic E-state index is 0.439. The van der Waals surface area contributed by atoms with Crippen molar-refractivity contribution in [1.29, 1.82) is 0 Å². The molecule has 0 aliphatic heterocycles. The summed E-state index contributed by atoms with van der Waals surface area (Å²) in [4.78, 5) is 4.29. The monoisotopic (exact) mass is 249 g/mol. The lowest BCUT2D eigenvalue weighted by atomic mass is 10.2. The van der Waals surface area contributed by atoms with E-state index in [9.17, 15) is 0 Å². The molecule has 3 heteroatoms. The SMILES string of the molecule is ClC(=Nc1ccccc1)c1cccc(Cl)c1. The Morgan fingerprint density at radius 2 is 1.69 bits per heavy atom. The van der Waals surface area contributed by atoms with E-state index >= 15 is 0 Å². The summed E-state index contributed by atoms with van der Waals surface area (Å²) in [6.45, 7) is 0. The standard InChI is InChI=1S/C13H9Cl2N/c14-11-6-4-5-10(9-11)13(15)16-12-7-2-1-3-8-12/h1-9H. The number of hydrogen-bond donors (Lipinski definition) is 0. The molecular weight excluding hydrogens is 241 g/mol. The number of rotatable bonds is 2. The Morgan fingerprint density at radius 3 is 2.38 bits per heavy atom. The van der Waals surface area contributed by atoms with Crippen molar-refractivity contribution >= 4 is 34.1 Å². The number of aliphatic imine (C=N–C) groups is 1. The number of halogens is 2. The fraction of sp³-hybridized carbons (Fsp3) is 0. The van der Waals surface area contributed by atoms with Gasteiger partial charge in [-0.15, -0.1) is 0 Å². The average molecular weight is 250 g/mol. The number of nitrogens with zero attached hydrogens (tertiary/aromatic N) is 1. The first-order chi connectivity index (χ1) is 7.75. The quantitative estimate of drug-likeness (QED) is 0.687. The van der Waals surface area contributed by atoms with Crippen LogP contribution in [-0.2, 0) is 0 Å². The zero-order valence-electron chi connectivity index (χ0n) is 8.40. The van der Waals surface area contributed by atoms with Crippen molar-refractivity contribution in [2.75, 3.05) is 0 Å². The molecule has 0 radical (unpaired) electrons. The minimum absolute atomic E-state index is 0.439. The lowest BCUT2D eigenvalue weighted by molar-refractivity contribution is 1.52. The molecule has 0 unspecified atom stereocenters. The Kier molecular flexibility index (Phi) is 3.60. The Balaban J connectivity index is 2.32. The van der Waals surface area contributed by atoms with Gasteiger partial charge in [0.2, 0.25) is 0 Å². The van der Waals surface area contributed by atoms with Gasteiger partial charge in [0.15, 0.2) is 0 Å². The van der Waals surface area contributed by atoms with E-state index in [-0.39, 0.29) is 0 Å². The van der Waals surface area contributed by atoms with E-state index in [1.54, 1.807) is 12.1 Å². The van der Waals surface area contributed by atoms with Crippen molar-refractivity contribution in [1.82, 2.24) is 0 Å². The normalized spacial score (nSPS) is 11.5. The second-order valence-electron chi connectivity index (χ2n) is 3.25. The van der Waals surface area contributed by atoms with Crippen LogP contribution in [0, 0.1) is 0 Å². The van der Waals surface area contributed by atoms with Crippen molar-refractivity contribution in [3.63, 3.8) is 0 Å². The van der Waals surface area contributed by atoms with Gasteiger partial charge >= 0.3 is 0 Å². The first-order valence-electron chi connectivity index (χ1n) is 4.81. The lowest BCUT2D eigenvalue weighted by Crippen LogP contribution is -1.89. The largest absolute Gasteiger partial charge is 0.236 e. The second-order valence-corrected chi connectivity index (χ2v) is 4.04. The van der Waals surface area contributed by atoms with Gasteiger partial charge in [0, 0.05) is 10.6 Å². The summed E-state index contributed by atoms with van der Waals surface area (Å²) < 4.78 is 0. The van der Waals surface area contributed by atoms with Gasteiger partial charge in [0.1, 0.15) is 5.17 Å². The number of para-hydroxylation sites is 1. The van der Waals surface area contributed by atoms with Crippen molar-refractivity contribution in [3.05, 3.63) is 65.2 Å². The molecule has 0 saturated carbocycles. The van der Waals surface area contributed by atoms with E-state index in [0.717, 1.165) is 11.3 Å². The Morgan fingerprint density at radius 1 is 0.938 bits per heavy atom. The van der Waals surface area contributed by atoms with Crippen LogP contribution in [0.3, 0.4) is 0 Å². The van der Waals surface area contributed by atoms with Gasteiger partial charge in [0.05, 0.1) is 5.69 Å². The van der Waals surface area contributed by atoms with Crippen molar-refractivity contribution in [2.45, 2.75) is 0 Å². The molecule has 0 aromatic heterocycles. The summed E-state index contributed by atoms with van der Waals surface area (Å²) in [6.07, 6.45) is 0. The summed E-state index contributed by atoms with van der Waals surface area (Å²) in [7, 11) is 0. The lowest BCUT2D eigenvalue weighted by Gasteiger charge is -1.99. The number of hydrogen-bond acceptors (Lipinski definition) is 1. The highest BCUT2D eigenvalue weighted by molar-refractivity contribution is 6.69. The van der Waals surface area contributed by atoms with Gasteiger partial charge < -0.3 is 0 Å². The molecule has 0 bridgehead atoms. The average Bonchev–Trinajstić information content (AvgIpc) is 2.30. The zero-order chi connectivity index (χ0) is 11.4. The molecule has 2 aromatic rings. The highest BCUT2D eigenvalue weighted by atomic mass is 35.5. The van der Waals surface area contributed by atoms with Crippen molar-refractivity contribution in [2.24, 2.45) is 4.99 Å². The van der Waals surface area contributed by atoms with Crippen LogP contribution >= 0.6 is 23.2 Å². The van der Waals surface area contributed by atoms with Crippen LogP contribution in [0.2, 0.25) is 5.02 Å². The van der Waals surface area contributed by atoms with Crippen molar-refractivity contribution < 1.29 is 0 Å².